The van der Waals surface area contributed by atoms with Crippen LogP contribution in [0.4, 0.5) is 14.3 Å². The summed E-state index contributed by atoms with van der Waals surface area (Å²) in [5.74, 6) is -0.651. The number of carbonyl (C=O) groups is 2. The summed E-state index contributed by atoms with van der Waals surface area (Å²) in [6.45, 7) is 0.898. The van der Waals surface area contributed by atoms with Gasteiger partial charge in [-0.25, -0.2) is 14.2 Å². The third kappa shape index (κ3) is 3.31. The maximum Gasteiger partial charge on any atom is 0.413 e. The largest absolute Gasteiger partial charge is 0.453 e. The van der Waals surface area contributed by atoms with Crippen LogP contribution >= 0.6 is 11.3 Å². The van der Waals surface area contributed by atoms with Gasteiger partial charge in [0.05, 0.1) is 19.3 Å². The minimum absolute atomic E-state index is 0.217. The van der Waals surface area contributed by atoms with Gasteiger partial charge in [0, 0.05) is 23.4 Å². The molecular formula is C15H14FN3O3S. The normalized spacial score (nSPS) is 13.4. The molecule has 6 nitrogen and oxygen atoms in total. The van der Waals surface area contributed by atoms with Crippen LogP contribution in [0, 0.1) is 5.82 Å². The van der Waals surface area contributed by atoms with E-state index in [-0.39, 0.29) is 5.91 Å². The van der Waals surface area contributed by atoms with Crippen molar-refractivity contribution in [2.45, 2.75) is 13.0 Å². The number of amides is 2. The maximum absolute atomic E-state index is 13.3. The standard InChI is InChI=1S/C15H14FN3O3S/c1-22-15(21)18-14-17-11-5-6-19(8-12(11)23-14)13(20)9-3-2-4-10(16)7-9/h2-4,7H,5-6,8H2,1H3,(H,17,18,21). The Labute approximate surface area is 135 Å². The molecule has 2 amide bonds. The molecule has 0 fully saturated rings. The molecule has 0 atom stereocenters. The van der Waals surface area contributed by atoms with Gasteiger partial charge in [0.25, 0.3) is 5.91 Å². The molecule has 2 aromatic rings. The monoisotopic (exact) mass is 335 g/mol. The predicted molar refractivity (Wildman–Crippen MR) is 83.0 cm³/mol. The number of nitrogens with zero attached hydrogens (tertiary/aromatic N) is 2. The smallest absolute Gasteiger partial charge is 0.413 e. The zero-order valence-electron chi connectivity index (χ0n) is 12.3. The summed E-state index contributed by atoms with van der Waals surface area (Å²) in [4.78, 5) is 30.6. The minimum Gasteiger partial charge on any atom is -0.453 e. The van der Waals surface area contributed by atoms with Gasteiger partial charge in [0.2, 0.25) is 0 Å². The first-order chi connectivity index (χ1) is 11.1. The number of nitrogens with one attached hydrogen (secondary N) is 1. The molecule has 0 aliphatic carbocycles. The van der Waals surface area contributed by atoms with Crippen molar-refractivity contribution in [1.29, 1.82) is 0 Å². The Morgan fingerprint density at radius 3 is 3.00 bits per heavy atom. The first-order valence-electron chi connectivity index (χ1n) is 6.95. The number of ether oxygens (including phenoxy) is 1. The van der Waals surface area contributed by atoms with Crippen LogP contribution < -0.4 is 5.32 Å². The topological polar surface area (TPSA) is 71.5 Å². The van der Waals surface area contributed by atoms with Gasteiger partial charge in [-0.15, -0.1) is 0 Å². The van der Waals surface area contributed by atoms with Gasteiger partial charge in [-0.05, 0) is 18.2 Å². The fourth-order valence-electron chi connectivity index (χ4n) is 2.36. The Kier molecular flexibility index (Phi) is 4.24. The molecular weight excluding hydrogens is 321 g/mol. The maximum atomic E-state index is 13.3. The summed E-state index contributed by atoms with van der Waals surface area (Å²) in [6, 6.07) is 5.65. The summed E-state index contributed by atoms with van der Waals surface area (Å²) >= 11 is 1.31. The van der Waals surface area contributed by atoms with Crippen molar-refractivity contribution in [3.8, 4) is 0 Å². The van der Waals surface area contributed by atoms with Gasteiger partial charge in [-0.3, -0.25) is 10.1 Å². The van der Waals surface area contributed by atoms with Crippen molar-refractivity contribution >= 4 is 28.5 Å². The summed E-state index contributed by atoms with van der Waals surface area (Å²) in [6.07, 6.45) is 0.0132. The molecule has 1 aliphatic heterocycles. The highest BCUT2D eigenvalue weighted by Crippen LogP contribution is 2.29. The van der Waals surface area contributed by atoms with Crippen LogP contribution in [0.5, 0.6) is 0 Å². The molecule has 1 aromatic heterocycles. The molecule has 0 saturated heterocycles. The van der Waals surface area contributed by atoms with Gasteiger partial charge in [0.15, 0.2) is 5.13 Å². The lowest BCUT2D eigenvalue weighted by Crippen LogP contribution is -2.35. The summed E-state index contributed by atoms with van der Waals surface area (Å²) in [7, 11) is 1.28. The molecule has 0 radical (unpaired) electrons. The first kappa shape index (κ1) is 15.4. The fourth-order valence-corrected chi connectivity index (χ4v) is 3.37. The van der Waals surface area contributed by atoms with Gasteiger partial charge in [-0.2, -0.15) is 0 Å². The van der Waals surface area contributed by atoms with E-state index in [1.165, 1.54) is 36.6 Å². The van der Waals surface area contributed by atoms with E-state index in [1.807, 2.05) is 0 Å². The van der Waals surface area contributed by atoms with Gasteiger partial charge < -0.3 is 9.64 Å². The van der Waals surface area contributed by atoms with Crippen molar-refractivity contribution < 1.29 is 18.7 Å². The number of thiazole rings is 1. The van der Waals surface area contributed by atoms with Crippen molar-refractivity contribution in [2.24, 2.45) is 0 Å². The van der Waals surface area contributed by atoms with Crippen LogP contribution in [0.2, 0.25) is 0 Å². The van der Waals surface area contributed by atoms with Gasteiger partial charge in [0.1, 0.15) is 5.82 Å². The molecule has 120 valence electrons. The first-order valence-corrected chi connectivity index (χ1v) is 7.77. The number of hydrogen-bond donors (Lipinski definition) is 1. The molecule has 0 saturated carbocycles. The number of fused-ring (bicyclic) bond motifs is 1. The molecule has 0 bridgehead atoms. The van der Waals surface area contributed by atoms with Crippen molar-refractivity contribution in [3.05, 3.63) is 46.2 Å². The number of halogens is 1. The summed E-state index contributed by atoms with van der Waals surface area (Å²) < 4.78 is 17.8. The highest BCUT2D eigenvalue weighted by molar-refractivity contribution is 7.15. The van der Waals surface area contributed by atoms with Crippen LogP contribution in [-0.2, 0) is 17.7 Å². The number of rotatable bonds is 2. The number of anilines is 1. The molecule has 1 aliphatic rings. The molecule has 2 heterocycles. The summed E-state index contributed by atoms with van der Waals surface area (Å²) in [5, 5.41) is 2.97. The Bertz CT molecular complexity index is 762. The molecule has 8 heteroatoms. The minimum atomic E-state index is -0.580. The molecule has 0 unspecified atom stereocenters. The van der Waals surface area contributed by atoms with Crippen LogP contribution in [0.3, 0.4) is 0 Å². The number of carbonyl (C=O) groups excluding carboxylic acids is 2. The average Bonchev–Trinajstić information content (AvgIpc) is 2.95. The van der Waals surface area contributed by atoms with Crippen LogP contribution in [0.25, 0.3) is 0 Å². The van der Waals surface area contributed by atoms with E-state index in [4.69, 9.17) is 0 Å². The van der Waals surface area contributed by atoms with Gasteiger partial charge in [-0.1, -0.05) is 17.4 Å². The number of aromatic nitrogens is 1. The Morgan fingerprint density at radius 2 is 2.26 bits per heavy atom. The Hall–Kier alpha value is -2.48. The second kappa shape index (κ2) is 6.33. The van der Waals surface area contributed by atoms with E-state index in [9.17, 15) is 14.0 Å². The summed E-state index contributed by atoms with van der Waals surface area (Å²) in [5.41, 5.74) is 1.19. The van der Waals surface area contributed by atoms with Crippen LogP contribution in [0.1, 0.15) is 20.9 Å². The zero-order valence-corrected chi connectivity index (χ0v) is 13.2. The lowest BCUT2D eigenvalue weighted by Gasteiger charge is -2.26. The average molecular weight is 335 g/mol. The lowest BCUT2D eigenvalue weighted by atomic mass is 10.1. The highest BCUT2D eigenvalue weighted by Gasteiger charge is 2.25. The van der Waals surface area contributed by atoms with E-state index < -0.39 is 11.9 Å². The molecule has 23 heavy (non-hydrogen) atoms. The SMILES string of the molecule is COC(=O)Nc1nc2c(s1)CN(C(=O)c1cccc(F)c1)CC2. The Balaban J connectivity index is 1.75. The van der Waals surface area contributed by atoms with E-state index in [0.717, 1.165) is 10.6 Å². The zero-order chi connectivity index (χ0) is 16.4. The second-order valence-corrected chi connectivity index (χ2v) is 6.08. The highest BCUT2D eigenvalue weighted by atomic mass is 32.1. The van der Waals surface area contributed by atoms with Crippen LogP contribution in [0.15, 0.2) is 24.3 Å². The third-order valence-electron chi connectivity index (χ3n) is 3.48. The molecule has 3 rings (SSSR count). The van der Waals surface area contributed by atoms with E-state index in [0.29, 0.717) is 30.2 Å². The van der Waals surface area contributed by atoms with E-state index in [2.05, 4.69) is 15.0 Å². The quantitative estimate of drug-likeness (QED) is 0.916. The molecule has 1 N–H and O–H groups in total. The van der Waals surface area contributed by atoms with Gasteiger partial charge >= 0.3 is 6.09 Å². The van der Waals surface area contributed by atoms with E-state index >= 15 is 0 Å². The van der Waals surface area contributed by atoms with Crippen molar-refractivity contribution in [2.75, 3.05) is 19.0 Å². The molecule has 0 spiro atoms. The number of methoxy groups -OCH3 is 1. The molecule has 1 aromatic carbocycles. The van der Waals surface area contributed by atoms with E-state index in [1.54, 1.807) is 11.0 Å². The van der Waals surface area contributed by atoms with Crippen molar-refractivity contribution in [3.63, 3.8) is 0 Å². The fraction of sp³-hybridized carbons (Fsp3) is 0.267. The third-order valence-corrected chi connectivity index (χ3v) is 4.48. The Morgan fingerprint density at radius 1 is 1.43 bits per heavy atom. The van der Waals surface area contributed by atoms with Crippen LogP contribution in [-0.4, -0.2) is 35.5 Å². The van der Waals surface area contributed by atoms with Crippen molar-refractivity contribution in [1.82, 2.24) is 9.88 Å². The predicted octanol–water partition coefficient (Wildman–Crippen LogP) is 2.66. The number of benzene rings is 1. The number of hydrogen-bond acceptors (Lipinski definition) is 5. The second-order valence-electron chi connectivity index (χ2n) is 4.99. The lowest BCUT2D eigenvalue weighted by molar-refractivity contribution is 0.0735.